The molecule has 212 valence electrons. The van der Waals surface area contributed by atoms with Crippen molar-refractivity contribution >= 4 is 22.5 Å². The van der Waals surface area contributed by atoms with Crippen LogP contribution >= 0.6 is 0 Å². The van der Waals surface area contributed by atoms with Crippen molar-refractivity contribution in [3.63, 3.8) is 0 Å². The molecule has 42 heavy (non-hydrogen) atoms. The van der Waals surface area contributed by atoms with E-state index in [0.717, 1.165) is 52.7 Å². The highest BCUT2D eigenvalue weighted by atomic mass is 19.1. The van der Waals surface area contributed by atoms with Crippen LogP contribution in [0.2, 0.25) is 0 Å². The number of benzene rings is 3. The Morgan fingerprint density at radius 1 is 1.12 bits per heavy atom. The molecule has 1 unspecified atom stereocenters. The molecule has 1 aliphatic heterocycles. The number of carbonyl (C=O) groups excluding carboxylic acids is 1. The molecule has 7 heteroatoms. The molecule has 0 spiro atoms. The van der Waals surface area contributed by atoms with Gasteiger partial charge in [-0.2, -0.15) is 0 Å². The second kappa shape index (κ2) is 10.6. The lowest BCUT2D eigenvalue weighted by Crippen LogP contribution is -2.32. The molecule has 2 heterocycles. The van der Waals surface area contributed by atoms with Gasteiger partial charge in [0.1, 0.15) is 11.6 Å². The van der Waals surface area contributed by atoms with Crippen LogP contribution in [0.3, 0.4) is 0 Å². The number of amides is 1. The van der Waals surface area contributed by atoms with Gasteiger partial charge in [-0.25, -0.2) is 4.39 Å². The minimum absolute atomic E-state index is 0.0446. The van der Waals surface area contributed by atoms with E-state index in [1.54, 1.807) is 24.3 Å². The number of phenols is 1. The topological polar surface area (TPSA) is 80.4 Å². The van der Waals surface area contributed by atoms with E-state index < -0.39 is 0 Å². The van der Waals surface area contributed by atoms with E-state index in [2.05, 4.69) is 47.1 Å². The molecule has 2 aliphatic carbocycles. The van der Waals surface area contributed by atoms with E-state index >= 15 is 0 Å². The van der Waals surface area contributed by atoms with Gasteiger partial charge in [0.2, 0.25) is 5.91 Å². The molecule has 7 rings (SSSR count). The summed E-state index contributed by atoms with van der Waals surface area (Å²) < 4.78 is 13.6. The Hall–Kier alpha value is -4.78. The van der Waals surface area contributed by atoms with Crippen molar-refractivity contribution in [3.05, 3.63) is 131 Å². The highest BCUT2D eigenvalue weighted by Crippen LogP contribution is 2.49. The normalized spacial score (nSPS) is 20.1. The van der Waals surface area contributed by atoms with E-state index in [9.17, 15) is 14.3 Å². The van der Waals surface area contributed by atoms with Crippen LogP contribution in [0.1, 0.15) is 43.4 Å². The maximum absolute atomic E-state index is 13.6. The fraction of sp³-hybridized carbons (Fsp3) is 0.229. The Balaban J connectivity index is 1.13. The predicted molar refractivity (Wildman–Crippen MR) is 163 cm³/mol. The first-order valence-electron chi connectivity index (χ1n) is 14.5. The Morgan fingerprint density at radius 3 is 2.74 bits per heavy atom. The number of H-pyrrole nitrogens is 1. The van der Waals surface area contributed by atoms with Crippen molar-refractivity contribution in [2.75, 3.05) is 5.01 Å². The number of anilines is 1. The fourth-order valence-corrected chi connectivity index (χ4v) is 6.94. The molecule has 6 nitrogen and oxygen atoms in total. The first-order valence-corrected chi connectivity index (χ1v) is 14.5. The molecular formula is C35H33FN4O2. The number of nitrogens with zero attached hydrogens (tertiary/aromatic N) is 1. The van der Waals surface area contributed by atoms with Gasteiger partial charge in [0.05, 0.1) is 23.8 Å². The van der Waals surface area contributed by atoms with Crippen molar-refractivity contribution in [2.24, 2.45) is 11.8 Å². The van der Waals surface area contributed by atoms with Crippen LogP contribution in [-0.2, 0) is 11.2 Å². The number of halogens is 1. The molecule has 0 radical (unpaired) electrons. The molecule has 0 saturated heterocycles. The van der Waals surface area contributed by atoms with Gasteiger partial charge in [-0.1, -0.05) is 42.8 Å². The third kappa shape index (κ3) is 4.75. The highest BCUT2D eigenvalue weighted by molar-refractivity contribution is 5.89. The van der Waals surface area contributed by atoms with Crippen molar-refractivity contribution in [1.82, 2.24) is 15.7 Å². The number of rotatable bonds is 7. The molecule has 0 fully saturated rings. The summed E-state index contributed by atoms with van der Waals surface area (Å²) >= 11 is 0. The van der Waals surface area contributed by atoms with Crippen molar-refractivity contribution in [3.8, 4) is 5.75 Å². The number of allylic oxidation sites excluding steroid dienone is 4. The number of fused-ring (bicyclic) bond motifs is 2. The smallest absolute Gasteiger partial charge is 0.224 e. The number of carbonyl (C=O) groups is 1. The van der Waals surface area contributed by atoms with Gasteiger partial charge >= 0.3 is 0 Å². The SMILES string of the molecule is C[C@H]1C2=CNN(c3ccc(F)cc3)C2=CC2=C1[C@@H](CC(NC(=O)Cc1c[nH]c3ccc(O)cc13)c1ccccc1)CC2. The second-order valence-electron chi connectivity index (χ2n) is 11.5. The molecule has 3 aliphatic rings. The van der Waals surface area contributed by atoms with Gasteiger partial charge in [-0.15, -0.1) is 0 Å². The molecule has 3 atom stereocenters. The summed E-state index contributed by atoms with van der Waals surface area (Å²) in [5.41, 5.74) is 12.3. The van der Waals surface area contributed by atoms with E-state index in [0.29, 0.717) is 5.92 Å². The van der Waals surface area contributed by atoms with Crippen LogP contribution in [-0.4, -0.2) is 16.0 Å². The number of hydrazine groups is 1. The quantitative estimate of drug-likeness (QED) is 0.197. The van der Waals surface area contributed by atoms with Gasteiger partial charge < -0.3 is 20.8 Å². The molecule has 4 aromatic rings. The van der Waals surface area contributed by atoms with E-state index in [-0.39, 0.29) is 35.9 Å². The number of phenolic OH excluding ortho intramolecular Hbond substituents is 1. The zero-order valence-electron chi connectivity index (χ0n) is 23.4. The minimum atomic E-state index is -0.249. The van der Waals surface area contributed by atoms with Gasteiger partial charge in [0, 0.05) is 34.8 Å². The molecule has 1 aromatic heterocycles. The van der Waals surface area contributed by atoms with E-state index in [4.69, 9.17) is 0 Å². The Bertz CT molecular complexity index is 1750. The van der Waals surface area contributed by atoms with Gasteiger partial charge in [0.25, 0.3) is 0 Å². The van der Waals surface area contributed by atoms with Gasteiger partial charge in [-0.05, 0) is 90.4 Å². The third-order valence-corrected chi connectivity index (χ3v) is 8.95. The monoisotopic (exact) mass is 560 g/mol. The van der Waals surface area contributed by atoms with Gasteiger partial charge in [0.15, 0.2) is 0 Å². The molecular weight excluding hydrogens is 527 g/mol. The lowest BCUT2D eigenvalue weighted by molar-refractivity contribution is -0.121. The standard InChI is InChI=1S/C35H33FN4O2/c1-21-30-20-38-40(27-11-9-26(36)10-12-27)33(30)16-24-8-7-23(35(21)24)15-32(22-5-3-2-4-6-22)39-34(42)17-25-19-37-31-14-13-28(41)18-29(25)31/h2-6,9-14,16,18-21,23,32,37-38,41H,7-8,15,17H2,1H3,(H,39,42)/t21-,23+,32?/m0/s1. The molecule has 3 aromatic carbocycles. The molecule has 0 bridgehead atoms. The molecule has 1 amide bonds. The number of aromatic amines is 1. The number of hydrogen-bond acceptors (Lipinski definition) is 4. The maximum atomic E-state index is 13.6. The average molecular weight is 561 g/mol. The molecule has 0 saturated carbocycles. The van der Waals surface area contributed by atoms with Crippen LogP contribution in [0.4, 0.5) is 10.1 Å². The van der Waals surface area contributed by atoms with E-state index in [1.165, 1.54) is 28.9 Å². The summed E-state index contributed by atoms with van der Waals surface area (Å²) in [6, 6.07) is 21.8. The number of nitrogens with one attached hydrogen (secondary N) is 3. The third-order valence-electron chi connectivity index (χ3n) is 8.95. The second-order valence-corrected chi connectivity index (χ2v) is 11.5. The summed E-state index contributed by atoms with van der Waals surface area (Å²) in [5, 5.41) is 16.2. The number of aromatic hydroxyl groups is 1. The first-order chi connectivity index (χ1) is 20.4. The zero-order valence-corrected chi connectivity index (χ0v) is 23.4. The first kappa shape index (κ1) is 26.1. The minimum Gasteiger partial charge on any atom is -0.508 e. The summed E-state index contributed by atoms with van der Waals surface area (Å²) in [6.45, 7) is 2.27. The lowest BCUT2D eigenvalue weighted by atomic mass is 9.78. The number of hydrogen-bond donors (Lipinski definition) is 4. The maximum Gasteiger partial charge on any atom is 0.224 e. The number of aromatic nitrogens is 1. The predicted octanol–water partition coefficient (Wildman–Crippen LogP) is 6.95. The van der Waals surface area contributed by atoms with Crippen molar-refractivity contribution in [1.29, 1.82) is 0 Å². The van der Waals surface area contributed by atoms with Crippen LogP contribution in [0.15, 0.2) is 114 Å². The zero-order chi connectivity index (χ0) is 28.8. The van der Waals surface area contributed by atoms with Crippen LogP contribution < -0.4 is 15.8 Å². The van der Waals surface area contributed by atoms with E-state index in [1.807, 2.05) is 35.5 Å². The Morgan fingerprint density at radius 2 is 1.93 bits per heavy atom. The Labute approximate surface area is 244 Å². The van der Waals surface area contributed by atoms with Gasteiger partial charge in [-0.3, -0.25) is 9.80 Å². The highest BCUT2D eigenvalue weighted by Gasteiger charge is 2.39. The molecule has 4 N–H and O–H groups in total. The Kier molecular flexibility index (Phi) is 6.57. The van der Waals surface area contributed by atoms with Crippen molar-refractivity contribution < 1.29 is 14.3 Å². The summed E-state index contributed by atoms with van der Waals surface area (Å²) in [5.74, 6) is 0.461. The fourth-order valence-electron chi connectivity index (χ4n) is 6.94. The largest absolute Gasteiger partial charge is 0.508 e. The van der Waals surface area contributed by atoms with Crippen LogP contribution in [0.5, 0.6) is 5.75 Å². The average Bonchev–Trinajstić information content (AvgIpc) is 3.71. The summed E-state index contributed by atoms with van der Waals surface area (Å²) in [4.78, 5) is 16.6. The summed E-state index contributed by atoms with van der Waals surface area (Å²) in [7, 11) is 0. The lowest BCUT2D eigenvalue weighted by Gasteiger charge is -2.31. The summed E-state index contributed by atoms with van der Waals surface area (Å²) in [6.07, 6.45) is 9.28. The van der Waals surface area contributed by atoms with Crippen LogP contribution in [0, 0.1) is 17.7 Å². The van der Waals surface area contributed by atoms with Crippen LogP contribution in [0.25, 0.3) is 10.9 Å². The van der Waals surface area contributed by atoms with Crippen molar-refractivity contribution in [2.45, 2.75) is 38.6 Å².